The Kier molecular flexibility index (Phi) is 8.78. The topological polar surface area (TPSA) is 130 Å². The van der Waals surface area contributed by atoms with Crippen LogP contribution in [0.1, 0.15) is 41.1 Å². The van der Waals surface area contributed by atoms with Gasteiger partial charge < -0.3 is 16.0 Å². The van der Waals surface area contributed by atoms with Crippen LogP contribution in [0, 0.1) is 25.7 Å². The number of nitrogens with one attached hydrogen (secondary N) is 4. The Morgan fingerprint density at radius 1 is 1.22 bits per heavy atom. The Bertz CT molecular complexity index is 1240. The maximum Gasteiger partial charge on any atom is 0.270 e. The van der Waals surface area contributed by atoms with Crippen LogP contribution in [-0.4, -0.2) is 60.7 Å². The van der Waals surface area contributed by atoms with E-state index in [1.807, 2.05) is 0 Å². The van der Waals surface area contributed by atoms with E-state index in [0.29, 0.717) is 47.9 Å². The third-order valence-electron chi connectivity index (χ3n) is 6.28. The number of carbonyl (C=O) groups excluding carboxylic acids is 2. The van der Waals surface area contributed by atoms with Crippen molar-refractivity contribution in [1.82, 2.24) is 35.6 Å². The molecule has 4 N–H and O–H groups in total. The second-order valence-corrected chi connectivity index (χ2v) is 10.4. The molecule has 2 amide bonds. The van der Waals surface area contributed by atoms with Crippen molar-refractivity contribution < 1.29 is 14.0 Å². The first-order chi connectivity index (χ1) is 17.7. The van der Waals surface area contributed by atoms with E-state index >= 15 is 0 Å². The van der Waals surface area contributed by atoms with E-state index in [4.69, 9.17) is 23.2 Å². The van der Waals surface area contributed by atoms with Gasteiger partial charge in [0.15, 0.2) is 0 Å². The van der Waals surface area contributed by atoms with Crippen molar-refractivity contribution in [1.29, 1.82) is 0 Å². The molecule has 0 saturated carbocycles. The lowest BCUT2D eigenvalue weighted by Crippen LogP contribution is -2.46. The molecule has 1 fully saturated rings. The van der Waals surface area contributed by atoms with Gasteiger partial charge in [0.1, 0.15) is 22.4 Å². The number of hydrogen-bond acceptors (Lipinski definition) is 6. The zero-order valence-corrected chi connectivity index (χ0v) is 22.0. The number of hydrogen-bond donors (Lipinski definition) is 4. The van der Waals surface area contributed by atoms with Crippen LogP contribution in [0.4, 0.5) is 10.2 Å². The minimum atomic E-state index is -0.920. The molecule has 37 heavy (non-hydrogen) atoms. The van der Waals surface area contributed by atoms with Crippen LogP contribution in [0.15, 0.2) is 24.4 Å². The lowest BCUT2D eigenvalue weighted by atomic mass is 10.0. The minimum Gasteiger partial charge on any atom is -0.339 e. The highest BCUT2D eigenvalue weighted by Gasteiger charge is 2.26. The van der Waals surface area contributed by atoms with Crippen molar-refractivity contribution in [2.45, 2.75) is 50.5 Å². The smallest absolute Gasteiger partial charge is 0.270 e. The number of amides is 2. The molecule has 1 aliphatic heterocycles. The Morgan fingerprint density at radius 2 is 2.00 bits per heavy atom. The number of alkyl halides is 2. The summed E-state index contributed by atoms with van der Waals surface area (Å²) in [5.41, 5.74) is 2.61. The van der Waals surface area contributed by atoms with Gasteiger partial charge in [0.05, 0.1) is 5.69 Å². The van der Waals surface area contributed by atoms with Crippen LogP contribution >= 0.6 is 23.2 Å². The van der Waals surface area contributed by atoms with Crippen LogP contribution in [0.25, 0.3) is 11.1 Å². The third kappa shape index (κ3) is 6.65. The minimum absolute atomic E-state index is 0.0272. The van der Waals surface area contributed by atoms with Gasteiger partial charge in [-0.3, -0.25) is 19.4 Å². The number of rotatable bonds is 11. The molecular weight excluding hydrogens is 522 g/mol. The van der Waals surface area contributed by atoms with Gasteiger partial charge in [0, 0.05) is 48.6 Å². The molecule has 1 saturated heterocycles. The average molecular weight is 551 g/mol. The van der Waals surface area contributed by atoms with Crippen molar-refractivity contribution in [2.75, 3.05) is 18.4 Å². The number of aromatic nitrogens is 5. The van der Waals surface area contributed by atoms with E-state index in [1.54, 1.807) is 30.8 Å². The summed E-state index contributed by atoms with van der Waals surface area (Å²) in [5.74, 6) is -1.28. The normalized spacial score (nSPS) is 14.4. The molecule has 3 aromatic heterocycles. The van der Waals surface area contributed by atoms with E-state index in [-0.39, 0.29) is 17.8 Å². The van der Waals surface area contributed by atoms with Gasteiger partial charge in [0.2, 0.25) is 11.9 Å². The quantitative estimate of drug-likeness (QED) is 0.214. The highest BCUT2D eigenvalue weighted by molar-refractivity contribution is 6.44. The van der Waals surface area contributed by atoms with Crippen molar-refractivity contribution >= 4 is 40.8 Å². The third-order valence-corrected chi connectivity index (χ3v) is 6.72. The number of carbonyl (C=O) groups is 2. The predicted octanol–water partition coefficient (Wildman–Crippen LogP) is 3.35. The first kappa shape index (κ1) is 27.0. The maximum atomic E-state index is 14.9. The van der Waals surface area contributed by atoms with E-state index in [0.717, 1.165) is 13.1 Å². The first-order valence-corrected chi connectivity index (χ1v) is 12.9. The van der Waals surface area contributed by atoms with E-state index in [1.165, 1.54) is 12.1 Å². The number of H-pyrrole nitrogens is 1. The number of aryl methyl sites for hydroxylation is 2. The lowest BCUT2D eigenvalue weighted by molar-refractivity contribution is -0.118. The molecule has 198 valence electrons. The zero-order chi connectivity index (χ0) is 26.5. The molecule has 13 heteroatoms. The predicted molar refractivity (Wildman–Crippen MR) is 139 cm³/mol. The molecule has 1 aliphatic rings. The molecule has 0 radical (unpaired) electrons. The summed E-state index contributed by atoms with van der Waals surface area (Å²) in [4.78, 5) is 29.5. The molecule has 10 nitrogen and oxygen atoms in total. The molecule has 0 bridgehead atoms. The summed E-state index contributed by atoms with van der Waals surface area (Å²) in [7, 11) is 0. The molecule has 4 rings (SSSR count). The molecule has 0 spiro atoms. The number of nitrogens with zero attached hydrogens (tertiary/aromatic N) is 4. The fraction of sp³-hybridized carbons (Fsp3) is 0.458. The zero-order valence-electron chi connectivity index (χ0n) is 20.5. The van der Waals surface area contributed by atoms with Crippen LogP contribution < -0.4 is 16.0 Å². The van der Waals surface area contributed by atoms with Gasteiger partial charge in [-0.25, -0.2) is 4.98 Å². The van der Waals surface area contributed by atoms with Crippen molar-refractivity contribution in [3.63, 3.8) is 0 Å². The summed E-state index contributed by atoms with van der Waals surface area (Å²) >= 11 is 11.7. The highest BCUT2D eigenvalue weighted by Crippen LogP contribution is 2.28. The first-order valence-electron chi connectivity index (χ1n) is 12.0. The van der Waals surface area contributed by atoms with Gasteiger partial charge in [-0.1, -0.05) is 0 Å². The average Bonchev–Trinajstić information content (AvgIpc) is 3.42. The fourth-order valence-corrected chi connectivity index (χ4v) is 4.53. The van der Waals surface area contributed by atoms with Crippen molar-refractivity contribution in [2.24, 2.45) is 5.92 Å². The van der Waals surface area contributed by atoms with Crippen molar-refractivity contribution in [3.05, 3.63) is 47.4 Å². The number of anilines is 1. The monoisotopic (exact) mass is 550 g/mol. The summed E-state index contributed by atoms with van der Waals surface area (Å²) in [5, 5.41) is 19.7. The lowest BCUT2D eigenvalue weighted by Gasteiger charge is -2.27. The molecule has 0 unspecified atom stereocenters. The van der Waals surface area contributed by atoms with Gasteiger partial charge in [-0.15, -0.1) is 23.2 Å². The molecule has 4 heterocycles. The van der Waals surface area contributed by atoms with Crippen LogP contribution in [0.3, 0.4) is 0 Å². The van der Waals surface area contributed by atoms with E-state index < -0.39 is 28.6 Å². The van der Waals surface area contributed by atoms with Gasteiger partial charge in [0.25, 0.3) is 5.91 Å². The Balaban J connectivity index is 1.47. The summed E-state index contributed by atoms with van der Waals surface area (Å²) in [6, 6.07) is 3.74. The highest BCUT2D eigenvalue weighted by atomic mass is 35.5. The molecule has 0 aromatic carbocycles. The van der Waals surface area contributed by atoms with E-state index in [2.05, 4.69) is 36.2 Å². The number of halogens is 3. The molecule has 1 atom stereocenters. The maximum absolute atomic E-state index is 14.9. The second-order valence-electron chi connectivity index (χ2n) is 9.10. The molecule has 3 aromatic rings. The SMILES string of the molecule is Cc1n[nH]c(C)c1-c1ccc(NC(=O)[C@H](CCCC(Cl)Cl)NC(=O)c2ccnn2CC2CNC2)nc1F. The number of pyridine rings is 1. The molecular formula is C24H29Cl2FN8O2. The van der Waals surface area contributed by atoms with Gasteiger partial charge >= 0.3 is 0 Å². The fourth-order valence-electron chi connectivity index (χ4n) is 4.22. The summed E-state index contributed by atoms with van der Waals surface area (Å²) in [6.45, 7) is 5.89. The molecule has 0 aliphatic carbocycles. The summed E-state index contributed by atoms with van der Waals surface area (Å²) < 4.78 is 16.5. The summed E-state index contributed by atoms with van der Waals surface area (Å²) in [6.07, 6.45) is 2.77. The second kappa shape index (κ2) is 12.0. The van der Waals surface area contributed by atoms with Crippen LogP contribution in [0.2, 0.25) is 0 Å². The van der Waals surface area contributed by atoms with E-state index in [9.17, 15) is 14.0 Å². The van der Waals surface area contributed by atoms with Gasteiger partial charge in [-0.2, -0.15) is 14.6 Å². The number of aromatic amines is 1. The Labute approximate surface area is 223 Å². The van der Waals surface area contributed by atoms with Crippen LogP contribution in [-0.2, 0) is 11.3 Å². The van der Waals surface area contributed by atoms with Crippen molar-refractivity contribution in [3.8, 4) is 11.1 Å². The van der Waals surface area contributed by atoms with Crippen LogP contribution in [0.5, 0.6) is 0 Å². The standard InChI is InChI=1S/C24H29Cl2FN8O2/c1-13-21(14(2)34-33-13)16-6-7-20(31-22(16)27)32-23(36)17(4-3-5-19(25)26)30-24(37)18-8-9-29-35(18)12-15-10-28-11-15/h6-9,15,17,19,28H,3-5,10-12H2,1-2H3,(H,30,37)(H,33,34)(H,31,32,36)/t17-/m0/s1. The Hall–Kier alpha value is -3.02. The van der Waals surface area contributed by atoms with Gasteiger partial charge in [-0.05, 0) is 51.3 Å². The Morgan fingerprint density at radius 3 is 2.62 bits per heavy atom. The largest absolute Gasteiger partial charge is 0.339 e.